The summed E-state index contributed by atoms with van der Waals surface area (Å²) in [5, 5.41) is 0. The predicted molar refractivity (Wildman–Crippen MR) is 99.7 cm³/mol. The lowest BCUT2D eigenvalue weighted by Crippen LogP contribution is -2.50. The van der Waals surface area contributed by atoms with Gasteiger partial charge in [-0.25, -0.2) is 0 Å². The van der Waals surface area contributed by atoms with Crippen molar-refractivity contribution in [2.75, 3.05) is 27.2 Å². The first-order chi connectivity index (χ1) is 12.1. The number of Topliss-reactive ketones (excluding diaryl/α,β-unsaturated/α-hetero) is 2. The summed E-state index contributed by atoms with van der Waals surface area (Å²) in [6.07, 6.45) is 0.681. The third kappa shape index (κ3) is 5.01. The molecule has 1 saturated carbocycles. The Morgan fingerprint density at radius 2 is 1.65 bits per heavy atom. The molecule has 0 aliphatic heterocycles. The summed E-state index contributed by atoms with van der Waals surface area (Å²) in [6, 6.07) is 9.42. The maximum absolute atomic E-state index is 13.0. The summed E-state index contributed by atoms with van der Waals surface area (Å²) >= 11 is 0. The molecule has 142 valence electrons. The third-order valence-corrected chi connectivity index (χ3v) is 4.94. The molecule has 0 aromatic heterocycles. The Balaban J connectivity index is 2.23. The van der Waals surface area contributed by atoms with Gasteiger partial charge in [0.1, 0.15) is 23.6 Å². The minimum Gasteiger partial charge on any atom is -0.464 e. The van der Waals surface area contributed by atoms with Gasteiger partial charge in [0, 0.05) is 19.4 Å². The van der Waals surface area contributed by atoms with Crippen LogP contribution in [0.4, 0.5) is 0 Å². The van der Waals surface area contributed by atoms with Crippen molar-refractivity contribution in [3.8, 4) is 0 Å². The molecule has 0 spiro atoms. The molecule has 0 amide bonds. The normalized spacial score (nSPS) is 18.8. The number of ether oxygens (including phenoxy) is 1. The number of likely N-dealkylation sites (N-methyl/N-ethyl adjacent to an activating group) is 1. The molecule has 1 aromatic rings. The Hall–Kier alpha value is -2.01. The average Bonchev–Trinajstić information content (AvgIpc) is 2.52. The maximum atomic E-state index is 13.0. The SMILES string of the molecule is CN(C)CCOC(=O)CC1(Cc2ccccc2)C(=O)CC(C)(C)CC1=O. The smallest absolute Gasteiger partial charge is 0.307 e. The largest absolute Gasteiger partial charge is 0.464 e. The quantitative estimate of drug-likeness (QED) is 0.553. The number of rotatable bonds is 7. The highest BCUT2D eigenvalue weighted by Gasteiger charge is 2.53. The number of carbonyl (C=O) groups is 3. The van der Waals surface area contributed by atoms with E-state index in [1.165, 1.54) is 0 Å². The zero-order valence-electron chi connectivity index (χ0n) is 16.2. The molecule has 0 atom stereocenters. The maximum Gasteiger partial charge on any atom is 0.307 e. The Morgan fingerprint density at radius 1 is 1.08 bits per heavy atom. The van der Waals surface area contributed by atoms with Crippen LogP contribution in [0.25, 0.3) is 0 Å². The van der Waals surface area contributed by atoms with Crippen LogP contribution in [0.15, 0.2) is 30.3 Å². The first-order valence-electron chi connectivity index (χ1n) is 9.05. The molecule has 1 aromatic carbocycles. The van der Waals surface area contributed by atoms with Crippen LogP contribution in [0, 0.1) is 10.8 Å². The molecule has 5 nitrogen and oxygen atoms in total. The number of nitrogens with zero attached hydrogens (tertiary/aromatic N) is 1. The lowest BCUT2D eigenvalue weighted by Gasteiger charge is -2.40. The van der Waals surface area contributed by atoms with E-state index in [1.807, 2.05) is 63.2 Å². The number of ketones is 2. The van der Waals surface area contributed by atoms with E-state index in [2.05, 4.69) is 0 Å². The summed E-state index contributed by atoms with van der Waals surface area (Å²) in [7, 11) is 3.78. The van der Waals surface area contributed by atoms with Crippen molar-refractivity contribution in [2.24, 2.45) is 10.8 Å². The monoisotopic (exact) mass is 359 g/mol. The van der Waals surface area contributed by atoms with Crippen molar-refractivity contribution in [1.82, 2.24) is 4.90 Å². The molecule has 0 bridgehead atoms. The summed E-state index contributed by atoms with van der Waals surface area (Å²) in [6.45, 7) is 4.70. The molecular formula is C21H29NO4. The van der Waals surface area contributed by atoms with Gasteiger partial charge in [-0.15, -0.1) is 0 Å². The third-order valence-electron chi connectivity index (χ3n) is 4.94. The number of carbonyl (C=O) groups excluding carboxylic acids is 3. The van der Waals surface area contributed by atoms with E-state index < -0.39 is 11.4 Å². The second-order valence-electron chi connectivity index (χ2n) is 8.31. The van der Waals surface area contributed by atoms with Gasteiger partial charge in [0.25, 0.3) is 0 Å². The minimum atomic E-state index is -1.30. The van der Waals surface area contributed by atoms with Crippen molar-refractivity contribution in [3.05, 3.63) is 35.9 Å². The average molecular weight is 359 g/mol. The molecule has 1 aliphatic carbocycles. The molecule has 5 heteroatoms. The fraction of sp³-hybridized carbons (Fsp3) is 0.571. The molecule has 2 rings (SSSR count). The van der Waals surface area contributed by atoms with Gasteiger partial charge < -0.3 is 9.64 Å². The van der Waals surface area contributed by atoms with Gasteiger partial charge in [-0.1, -0.05) is 44.2 Å². The zero-order chi connectivity index (χ0) is 19.4. The van der Waals surface area contributed by atoms with Crippen LogP contribution < -0.4 is 0 Å². The van der Waals surface area contributed by atoms with E-state index in [-0.39, 0.29) is 36.4 Å². The van der Waals surface area contributed by atoms with Crippen molar-refractivity contribution in [3.63, 3.8) is 0 Å². The second kappa shape index (κ2) is 8.12. The van der Waals surface area contributed by atoms with Gasteiger partial charge in [-0.2, -0.15) is 0 Å². The molecule has 1 aliphatic rings. The van der Waals surface area contributed by atoms with E-state index in [9.17, 15) is 14.4 Å². The number of benzene rings is 1. The number of esters is 1. The summed E-state index contributed by atoms with van der Waals surface area (Å²) < 4.78 is 5.28. The molecule has 0 radical (unpaired) electrons. The van der Waals surface area contributed by atoms with Gasteiger partial charge in [0.15, 0.2) is 0 Å². The minimum absolute atomic E-state index is 0.146. The molecule has 1 fully saturated rings. The van der Waals surface area contributed by atoms with Gasteiger partial charge >= 0.3 is 5.97 Å². The molecule has 0 unspecified atom stereocenters. The summed E-state index contributed by atoms with van der Waals surface area (Å²) in [4.78, 5) is 40.4. The van der Waals surface area contributed by atoms with Crippen LogP contribution in [0.2, 0.25) is 0 Å². The van der Waals surface area contributed by atoms with Crippen molar-refractivity contribution in [2.45, 2.75) is 39.5 Å². The summed E-state index contributed by atoms with van der Waals surface area (Å²) in [5.74, 6) is -0.775. The molecular weight excluding hydrogens is 330 g/mol. The van der Waals surface area contributed by atoms with Crippen LogP contribution in [-0.2, 0) is 25.5 Å². The van der Waals surface area contributed by atoms with Crippen LogP contribution in [0.5, 0.6) is 0 Å². The Kier molecular flexibility index (Phi) is 6.34. The highest BCUT2D eigenvalue weighted by Crippen LogP contribution is 2.44. The standard InChI is InChI=1S/C21H29NO4/c1-20(2)13-17(23)21(18(24)14-20,12-16-8-6-5-7-9-16)15-19(25)26-11-10-22(3)4/h5-9H,10-15H2,1-4H3. The second-order valence-corrected chi connectivity index (χ2v) is 8.31. The van der Waals surface area contributed by atoms with E-state index in [0.29, 0.717) is 19.4 Å². The van der Waals surface area contributed by atoms with E-state index in [0.717, 1.165) is 5.56 Å². The topological polar surface area (TPSA) is 63.7 Å². The Labute approximate surface area is 155 Å². The fourth-order valence-electron chi connectivity index (χ4n) is 3.47. The van der Waals surface area contributed by atoms with Crippen LogP contribution in [0.1, 0.15) is 38.7 Å². The van der Waals surface area contributed by atoms with Crippen molar-refractivity contribution >= 4 is 17.5 Å². The van der Waals surface area contributed by atoms with Gasteiger partial charge in [-0.3, -0.25) is 14.4 Å². The summed E-state index contributed by atoms with van der Waals surface area (Å²) in [5.41, 5.74) is -0.773. The fourth-order valence-corrected chi connectivity index (χ4v) is 3.47. The van der Waals surface area contributed by atoms with Crippen LogP contribution in [-0.4, -0.2) is 49.7 Å². The first kappa shape index (κ1) is 20.3. The van der Waals surface area contributed by atoms with Gasteiger partial charge in [-0.05, 0) is 31.5 Å². The molecule has 0 heterocycles. The molecule has 0 N–H and O–H groups in total. The lowest BCUT2D eigenvalue weighted by molar-refractivity contribution is -0.158. The highest BCUT2D eigenvalue weighted by atomic mass is 16.5. The van der Waals surface area contributed by atoms with Crippen LogP contribution >= 0.6 is 0 Å². The zero-order valence-corrected chi connectivity index (χ0v) is 16.2. The predicted octanol–water partition coefficient (Wildman–Crippen LogP) is 2.67. The molecule has 26 heavy (non-hydrogen) atoms. The Morgan fingerprint density at radius 3 is 2.19 bits per heavy atom. The van der Waals surface area contributed by atoms with Crippen molar-refractivity contribution < 1.29 is 19.1 Å². The molecule has 0 saturated heterocycles. The van der Waals surface area contributed by atoms with Gasteiger partial charge in [0.2, 0.25) is 0 Å². The van der Waals surface area contributed by atoms with Gasteiger partial charge in [0.05, 0.1) is 6.42 Å². The first-order valence-corrected chi connectivity index (χ1v) is 9.05. The number of hydrogen-bond acceptors (Lipinski definition) is 5. The van der Waals surface area contributed by atoms with E-state index in [1.54, 1.807) is 0 Å². The van der Waals surface area contributed by atoms with E-state index in [4.69, 9.17) is 4.74 Å². The Bertz CT molecular complexity index is 644. The lowest BCUT2D eigenvalue weighted by atomic mass is 9.60. The number of hydrogen-bond donors (Lipinski definition) is 0. The highest BCUT2D eigenvalue weighted by molar-refractivity contribution is 6.11. The van der Waals surface area contributed by atoms with Crippen molar-refractivity contribution in [1.29, 1.82) is 0 Å². The van der Waals surface area contributed by atoms with E-state index >= 15 is 0 Å². The van der Waals surface area contributed by atoms with Crippen LogP contribution in [0.3, 0.4) is 0 Å².